The van der Waals surface area contributed by atoms with Crippen LogP contribution >= 0.6 is 0 Å². The van der Waals surface area contributed by atoms with Crippen molar-refractivity contribution in [3.63, 3.8) is 0 Å². The third-order valence-corrected chi connectivity index (χ3v) is 6.81. The summed E-state index contributed by atoms with van der Waals surface area (Å²) in [6.45, 7) is 5.61. The Morgan fingerprint density at radius 2 is 1.97 bits per heavy atom. The Labute approximate surface area is 187 Å². The van der Waals surface area contributed by atoms with Crippen molar-refractivity contribution in [1.82, 2.24) is 19.9 Å². The summed E-state index contributed by atoms with van der Waals surface area (Å²) >= 11 is 0. The van der Waals surface area contributed by atoms with E-state index >= 15 is 0 Å². The molecular formula is C25H27FN4O2. The van der Waals surface area contributed by atoms with Crippen LogP contribution in [0.2, 0.25) is 0 Å². The molecule has 3 aromatic rings. The molecule has 0 aliphatic carbocycles. The van der Waals surface area contributed by atoms with E-state index in [0.29, 0.717) is 36.3 Å². The van der Waals surface area contributed by atoms with Crippen molar-refractivity contribution in [2.45, 2.75) is 31.7 Å². The number of hydrogen-bond donors (Lipinski definition) is 0. The highest BCUT2D eigenvalue weighted by Gasteiger charge is 2.54. The Morgan fingerprint density at radius 1 is 1.16 bits per heavy atom. The van der Waals surface area contributed by atoms with E-state index in [2.05, 4.69) is 39.3 Å². The summed E-state index contributed by atoms with van der Waals surface area (Å²) in [5.41, 5.74) is 1.60. The van der Waals surface area contributed by atoms with Crippen LogP contribution in [0, 0.1) is 18.7 Å². The van der Waals surface area contributed by atoms with Crippen LogP contribution in [0.15, 0.2) is 59.1 Å². The van der Waals surface area contributed by atoms with E-state index in [1.165, 1.54) is 17.7 Å². The third-order valence-electron chi connectivity index (χ3n) is 6.81. The van der Waals surface area contributed by atoms with E-state index in [4.69, 9.17) is 4.52 Å². The summed E-state index contributed by atoms with van der Waals surface area (Å²) in [5.74, 6) is 1.27. The van der Waals surface area contributed by atoms with E-state index in [-0.39, 0.29) is 23.6 Å². The quantitative estimate of drug-likeness (QED) is 0.616. The van der Waals surface area contributed by atoms with Gasteiger partial charge in [0.15, 0.2) is 5.82 Å². The van der Waals surface area contributed by atoms with Crippen LogP contribution in [0.5, 0.6) is 0 Å². The molecule has 2 aromatic carbocycles. The highest BCUT2D eigenvalue weighted by molar-refractivity contribution is 5.79. The van der Waals surface area contributed by atoms with Crippen LogP contribution in [0.1, 0.15) is 29.3 Å². The number of carbonyl (C=O) groups excluding carboxylic acids is 1. The molecule has 166 valence electrons. The molecule has 1 aromatic heterocycles. The fourth-order valence-electron chi connectivity index (χ4n) is 5.29. The van der Waals surface area contributed by atoms with E-state index in [1.54, 1.807) is 19.1 Å². The Balaban J connectivity index is 1.38. The molecule has 32 heavy (non-hydrogen) atoms. The molecule has 7 heteroatoms. The van der Waals surface area contributed by atoms with Crippen molar-refractivity contribution < 1.29 is 13.7 Å². The van der Waals surface area contributed by atoms with Crippen LogP contribution in [-0.4, -0.2) is 52.0 Å². The van der Waals surface area contributed by atoms with Crippen LogP contribution in [0.25, 0.3) is 0 Å². The Bertz CT molecular complexity index is 1100. The lowest BCUT2D eigenvalue weighted by Gasteiger charge is -2.42. The van der Waals surface area contributed by atoms with Gasteiger partial charge in [-0.2, -0.15) is 4.98 Å². The normalized spacial score (nSPS) is 23.3. The number of hydrogen-bond acceptors (Lipinski definition) is 5. The molecule has 0 unspecified atom stereocenters. The summed E-state index contributed by atoms with van der Waals surface area (Å²) in [5, 5.41) is 4.30. The van der Waals surface area contributed by atoms with Crippen LogP contribution in [-0.2, 0) is 23.2 Å². The van der Waals surface area contributed by atoms with Crippen molar-refractivity contribution in [1.29, 1.82) is 0 Å². The van der Waals surface area contributed by atoms with Gasteiger partial charge in [-0.15, -0.1) is 0 Å². The fraction of sp³-hybridized carbons (Fsp3) is 0.400. The first-order chi connectivity index (χ1) is 15.5. The zero-order chi connectivity index (χ0) is 22.1. The average Bonchev–Trinajstić information content (AvgIpc) is 3.38. The minimum Gasteiger partial charge on any atom is -0.341 e. The van der Waals surface area contributed by atoms with Gasteiger partial charge >= 0.3 is 0 Å². The number of fused-ring (bicyclic) bond motifs is 1. The monoisotopic (exact) mass is 434 g/mol. The van der Waals surface area contributed by atoms with E-state index < -0.39 is 0 Å². The number of amides is 1. The molecule has 5 rings (SSSR count). The molecule has 0 N–H and O–H groups in total. The van der Waals surface area contributed by atoms with Gasteiger partial charge in [0.1, 0.15) is 5.82 Å². The first-order valence-corrected chi connectivity index (χ1v) is 11.1. The van der Waals surface area contributed by atoms with Gasteiger partial charge < -0.3 is 9.42 Å². The minimum atomic E-state index is -0.359. The maximum atomic E-state index is 13.6. The fourth-order valence-corrected chi connectivity index (χ4v) is 5.29. The van der Waals surface area contributed by atoms with Crippen LogP contribution < -0.4 is 0 Å². The molecule has 0 spiro atoms. The van der Waals surface area contributed by atoms with Crippen molar-refractivity contribution in [2.24, 2.45) is 5.92 Å². The summed E-state index contributed by atoms with van der Waals surface area (Å²) in [6.07, 6.45) is 1.07. The van der Waals surface area contributed by atoms with Gasteiger partial charge in [-0.25, -0.2) is 4.39 Å². The largest absolute Gasteiger partial charge is 0.341 e. The number of carbonyl (C=O) groups is 1. The van der Waals surface area contributed by atoms with Crippen molar-refractivity contribution in [2.75, 3.05) is 26.2 Å². The summed E-state index contributed by atoms with van der Waals surface area (Å²) in [7, 11) is 0. The first kappa shape index (κ1) is 20.8. The maximum Gasteiger partial charge on any atom is 0.227 e. The van der Waals surface area contributed by atoms with Gasteiger partial charge in [-0.1, -0.05) is 47.6 Å². The third kappa shape index (κ3) is 4.05. The van der Waals surface area contributed by atoms with Gasteiger partial charge in [0.2, 0.25) is 11.8 Å². The molecular weight excluding hydrogens is 407 g/mol. The lowest BCUT2D eigenvalue weighted by molar-refractivity contribution is -0.133. The highest BCUT2D eigenvalue weighted by atomic mass is 19.1. The van der Waals surface area contributed by atoms with Crippen LogP contribution in [0.4, 0.5) is 4.39 Å². The molecule has 1 amide bonds. The molecule has 0 saturated carbocycles. The molecule has 2 aliphatic heterocycles. The molecule has 2 aliphatic rings. The smallest absolute Gasteiger partial charge is 0.227 e. The van der Waals surface area contributed by atoms with Crippen molar-refractivity contribution in [3.8, 4) is 0 Å². The predicted octanol–water partition coefficient (Wildman–Crippen LogP) is 3.36. The number of rotatable bonds is 5. The number of nitrogens with zero attached hydrogens (tertiary/aromatic N) is 4. The van der Waals surface area contributed by atoms with Gasteiger partial charge in [0.05, 0.1) is 11.8 Å². The molecule has 2 atom stereocenters. The SMILES string of the molecule is Cc1nc([C@@]23CN(Cc4ccccc4)C[C@@H]2CCN(C(=O)Cc2cccc(F)c2)C3)no1. The van der Waals surface area contributed by atoms with Crippen LogP contribution in [0.3, 0.4) is 0 Å². The topological polar surface area (TPSA) is 62.5 Å². The number of aromatic nitrogens is 2. The Kier molecular flexibility index (Phi) is 5.51. The number of likely N-dealkylation sites (tertiary alicyclic amines) is 2. The molecule has 0 bridgehead atoms. The first-order valence-electron chi connectivity index (χ1n) is 11.1. The maximum absolute atomic E-state index is 13.6. The highest BCUT2D eigenvalue weighted by Crippen LogP contribution is 2.44. The van der Waals surface area contributed by atoms with Crippen molar-refractivity contribution in [3.05, 3.63) is 83.3 Å². The number of piperidine rings is 1. The lowest BCUT2D eigenvalue weighted by Crippen LogP contribution is -2.54. The molecule has 3 heterocycles. The number of benzene rings is 2. The second-order valence-electron chi connectivity index (χ2n) is 9.06. The van der Waals surface area contributed by atoms with Gasteiger partial charge in [-0.05, 0) is 35.6 Å². The van der Waals surface area contributed by atoms with Gasteiger partial charge in [-0.3, -0.25) is 9.69 Å². The second-order valence-corrected chi connectivity index (χ2v) is 9.06. The van der Waals surface area contributed by atoms with Gasteiger partial charge in [0.25, 0.3) is 0 Å². The summed E-state index contributed by atoms with van der Waals surface area (Å²) in [4.78, 5) is 22.1. The van der Waals surface area contributed by atoms with Gasteiger partial charge in [0, 0.05) is 39.6 Å². The van der Waals surface area contributed by atoms with E-state index in [1.807, 2.05) is 11.0 Å². The standard InChI is InChI=1S/C25H27FN4O2/c1-18-27-24(28-32-18)25-16-29(14-19-6-3-2-4-7-19)15-21(25)10-11-30(17-25)23(31)13-20-8-5-9-22(26)12-20/h2-9,12,21H,10-11,13-17H2,1H3/t21-,25+/m0/s1. The summed E-state index contributed by atoms with van der Waals surface area (Å²) in [6, 6.07) is 16.7. The predicted molar refractivity (Wildman–Crippen MR) is 117 cm³/mol. The Hall–Kier alpha value is -3.06. The molecule has 2 fully saturated rings. The Morgan fingerprint density at radius 3 is 2.72 bits per heavy atom. The van der Waals surface area contributed by atoms with Crippen molar-refractivity contribution >= 4 is 5.91 Å². The molecule has 2 saturated heterocycles. The second kappa shape index (κ2) is 8.47. The summed E-state index contributed by atoms with van der Waals surface area (Å²) < 4.78 is 18.9. The van der Waals surface area contributed by atoms with E-state index in [0.717, 1.165) is 26.1 Å². The van der Waals surface area contributed by atoms with E-state index in [9.17, 15) is 9.18 Å². The number of halogens is 1. The zero-order valence-electron chi connectivity index (χ0n) is 18.2. The molecule has 6 nitrogen and oxygen atoms in total. The molecule has 0 radical (unpaired) electrons. The number of aryl methyl sites for hydroxylation is 1. The lowest BCUT2D eigenvalue weighted by atomic mass is 9.72. The zero-order valence-corrected chi connectivity index (χ0v) is 18.2. The minimum absolute atomic E-state index is 0.00940. The average molecular weight is 435 g/mol.